The van der Waals surface area contributed by atoms with Crippen molar-refractivity contribution >= 4 is 11.3 Å². The number of aromatic nitrogens is 2. The molecule has 0 amide bonds. The molecule has 2 aromatic heterocycles. The first-order chi connectivity index (χ1) is 7.70. The Balaban J connectivity index is 2.18. The minimum Gasteiger partial charge on any atom is -0.343 e. The van der Waals surface area contributed by atoms with Gasteiger partial charge in [0.1, 0.15) is 5.01 Å². The molecule has 0 aliphatic rings. The Labute approximate surface area is 100 Å². The second-order valence-electron chi connectivity index (χ2n) is 3.95. The second kappa shape index (κ2) is 4.80. The fourth-order valence-electron chi connectivity index (χ4n) is 1.73. The standard InChI is InChI=1S/C12H17N3S/c1-9-8-16-12(14-9)7-15-6-4-5-11(15)10(2)13-3/h4-6,8,10,13H,7H2,1-3H3. The molecule has 0 fully saturated rings. The highest BCUT2D eigenvalue weighted by Crippen LogP contribution is 2.16. The minimum absolute atomic E-state index is 0.371. The number of nitrogens with one attached hydrogen (secondary N) is 1. The van der Waals surface area contributed by atoms with Crippen LogP contribution in [0, 0.1) is 6.92 Å². The molecule has 3 nitrogen and oxygen atoms in total. The van der Waals surface area contributed by atoms with E-state index in [1.165, 1.54) is 10.7 Å². The maximum Gasteiger partial charge on any atom is 0.113 e. The molecule has 0 aliphatic carbocycles. The molecule has 1 atom stereocenters. The fourth-order valence-corrected chi connectivity index (χ4v) is 2.50. The van der Waals surface area contributed by atoms with E-state index in [9.17, 15) is 0 Å². The molecule has 0 spiro atoms. The highest BCUT2D eigenvalue weighted by Gasteiger charge is 2.09. The Morgan fingerprint density at radius 1 is 1.56 bits per heavy atom. The first-order valence-corrected chi connectivity index (χ1v) is 6.32. The summed E-state index contributed by atoms with van der Waals surface area (Å²) in [5.74, 6) is 0. The predicted octanol–water partition coefficient (Wildman–Crippen LogP) is 2.58. The number of thiazole rings is 1. The van der Waals surface area contributed by atoms with E-state index in [-0.39, 0.29) is 0 Å². The average molecular weight is 235 g/mol. The minimum atomic E-state index is 0.371. The van der Waals surface area contributed by atoms with Crippen molar-refractivity contribution in [2.45, 2.75) is 26.4 Å². The van der Waals surface area contributed by atoms with Crippen molar-refractivity contribution in [3.63, 3.8) is 0 Å². The van der Waals surface area contributed by atoms with Crippen molar-refractivity contribution in [3.05, 3.63) is 40.1 Å². The Morgan fingerprint density at radius 2 is 2.38 bits per heavy atom. The first-order valence-electron chi connectivity index (χ1n) is 5.44. The summed E-state index contributed by atoms with van der Waals surface area (Å²) in [4.78, 5) is 4.49. The summed E-state index contributed by atoms with van der Waals surface area (Å²) in [7, 11) is 1.98. The molecule has 2 aromatic rings. The molecule has 1 N–H and O–H groups in total. The lowest BCUT2D eigenvalue weighted by atomic mass is 10.2. The van der Waals surface area contributed by atoms with Gasteiger partial charge >= 0.3 is 0 Å². The van der Waals surface area contributed by atoms with Crippen molar-refractivity contribution < 1.29 is 0 Å². The van der Waals surface area contributed by atoms with E-state index in [2.05, 4.69) is 45.5 Å². The lowest BCUT2D eigenvalue weighted by Gasteiger charge is -2.13. The summed E-state index contributed by atoms with van der Waals surface area (Å²) in [6.07, 6.45) is 2.11. The molecule has 0 bridgehead atoms. The predicted molar refractivity (Wildman–Crippen MR) is 67.9 cm³/mol. The first kappa shape index (κ1) is 11.4. The van der Waals surface area contributed by atoms with Crippen molar-refractivity contribution in [1.29, 1.82) is 0 Å². The molecular weight excluding hydrogens is 218 g/mol. The van der Waals surface area contributed by atoms with Crippen molar-refractivity contribution in [2.75, 3.05) is 7.05 Å². The van der Waals surface area contributed by atoms with E-state index < -0.39 is 0 Å². The molecule has 0 aliphatic heterocycles. The zero-order valence-electron chi connectivity index (χ0n) is 9.90. The van der Waals surface area contributed by atoms with E-state index in [0.717, 1.165) is 12.2 Å². The third-order valence-electron chi connectivity index (χ3n) is 2.71. The largest absolute Gasteiger partial charge is 0.343 e. The van der Waals surface area contributed by atoms with Crippen molar-refractivity contribution in [2.24, 2.45) is 0 Å². The zero-order valence-corrected chi connectivity index (χ0v) is 10.7. The summed E-state index contributed by atoms with van der Waals surface area (Å²) < 4.78 is 2.25. The van der Waals surface area contributed by atoms with E-state index in [1.807, 2.05) is 14.0 Å². The molecule has 2 heterocycles. The normalized spacial score (nSPS) is 12.9. The van der Waals surface area contributed by atoms with Crippen LogP contribution in [-0.4, -0.2) is 16.6 Å². The van der Waals surface area contributed by atoms with Gasteiger partial charge in [-0.05, 0) is 33.0 Å². The van der Waals surface area contributed by atoms with Gasteiger partial charge in [0.25, 0.3) is 0 Å². The van der Waals surface area contributed by atoms with Gasteiger partial charge in [0.2, 0.25) is 0 Å². The molecular formula is C12H17N3S. The average Bonchev–Trinajstić information content (AvgIpc) is 2.87. The van der Waals surface area contributed by atoms with Crippen molar-refractivity contribution in [1.82, 2.24) is 14.9 Å². The quantitative estimate of drug-likeness (QED) is 0.882. The summed E-state index contributed by atoms with van der Waals surface area (Å²) >= 11 is 1.72. The summed E-state index contributed by atoms with van der Waals surface area (Å²) in [6, 6.07) is 4.61. The van der Waals surface area contributed by atoms with Crippen molar-refractivity contribution in [3.8, 4) is 0 Å². The monoisotopic (exact) mass is 235 g/mol. The molecule has 0 saturated heterocycles. The van der Waals surface area contributed by atoms with Crippen LogP contribution in [-0.2, 0) is 6.54 Å². The third kappa shape index (κ3) is 2.33. The summed E-state index contributed by atoms with van der Waals surface area (Å²) in [5, 5.41) is 6.52. The number of aryl methyl sites for hydroxylation is 1. The van der Waals surface area contributed by atoms with Gasteiger partial charge in [0.05, 0.1) is 6.54 Å². The lowest BCUT2D eigenvalue weighted by molar-refractivity contribution is 0.588. The van der Waals surface area contributed by atoms with Crippen LogP contribution in [0.5, 0.6) is 0 Å². The smallest absolute Gasteiger partial charge is 0.113 e. The van der Waals surface area contributed by atoms with Crippen LogP contribution in [0.15, 0.2) is 23.7 Å². The molecule has 4 heteroatoms. The Hall–Kier alpha value is -1.13. The molecule has 16 heavy (non-hydrogen) atoms. The number of hydrogen-bond donors (Lipinski definition) is 1. The van der Waals surface area contributed by atoms with E-state index in [4.69, 9.17) is 0 Å². The van der Waals surface area contributed by atoms with Crippen LogP contribution in [0.1, 0.15) is 29.4 Å². The van der Waals surface area contributed by atoms with Gasteiger partial charge in [0.15, 0.2) is 0 Å². The molecule has 86 valence electrons. The van der Waals surface area contributed by atoms with Crippen LogP contribution < -0.4 is 5.32 Å². The maximum absolute atomic E-state index is 4.49. The Kier molecular flexibility index (Phi) is 3.41. The fraction of sp³-hybridized carbons (Fsp3) is 0.417. The van der Waals surface area contributed by atoms with Gasteiger partial charge in [-0.3, -0.25) is 0 Å². The summed E-state index contributed by atoms with van der Waals surface area (Å²) in [6.45, 7) is 5.07. The Morgan fingerprint density at radius 3 is 3.00 bits per heavy atom. The van der Waals surface area contributed by atoms with Gasteiger partial charge in [-0.15, -0.1) is 11.3 Å². The van der Waals surface area contributed by atoms with Crippen LogP contribution in [0.3, 0.4) is 0 Å². The number of rotatable bonds is 4. The van der Waals surface area contributed by atoms with Gasteiger partial charge in [0, 0.05) is 29.0 Å². The van der Waals surface area contributed by atoms with Crippen LogP contribution >= 0.6 is 11.3 Å². The van der Waals surface area contributed by atoms with E-state index in [0.29, 0.717) is 6.04 Å². The lowest BCUT2D eigenvalue weighted by Crippen LogP contribution is -2.16. The molecule has 0 radical (unpaired) electrons. The molecule has 0 aromatic carbocycles. The number of hydrogen-bond acceptors (Lipinski definition) is 3. The van der Waals surface area contributed by atoms with Crippen LogP contribution in [0.25, 0.3) is 0 Å². The summed E-state index contributed by atoms with van der Waals surface area (Å²) in [5.41, 5.74) is 2.41. The maximum atomic E-state index is 4.49. The topological polar surface area (TPSA) is 29.9 Å². The SMILES string of the molecule is CNC(C)c1cccn1Cc1nc(C)cs1. The van der Waals surface area contributed by atoms with E-state index in [1.54, 1.807) is 11.3 Å². The molecule has 2 rings (SSSR count). The van der Waals surface area contributed by atoms with Gasteiger partial charge in [-0.25, -0.2) is 4.98 Å². The van der Waals surface area contributed by atoms with Gasteiger partial charge in [-0.1, -0.05) is 0 Å². The van der Waals surface area contributed by atoms with E-state index >= 15 is 0 Å². The van der Waals surface area contributed by atoms with Gasteiger partial charge in [-0.2, -0.15) is 0 Å². The number of nitrogens with zero attached hydrogens (tertiary/aromatic N) is 2. The van der Waals surface area contributed by atoms with Crippen LogP contribution in [0.4, 0.5) is 0 Å². The molecule has 1 unspecified atom stereocenters. The second-order valence-corrected chi connectivity index (χ2v) is 4.90. The zero-order chi connectivity index (χ0) is 11.5. The third-order valence-corrected chi connectivity index (χ3v) is 3.66. The molecule has 0 saturated carbocycles. The van der Waals surface area contributed by atoms with Gasteiger partial charge < -0.3 is 9.88 Å². The highest BCUT2D eigenvalue weighted by molar-refractivity contribution is 7.09. The Bertz CT molecular complexity index is 458. The van der Waals surface area contributed by atoms with Crippen LogP contribution in [0.2, 0.25) is 0 Å². The highest BCUT2D eigenvalue weighted by atomic mass is 32.1.